The Morgan fingerprint density at radius 3 is 2.86 bits per heavy atom. The molecule has 0 saturated heterocycles. The first-order chi connectivity index (χ1) is 13.9. The highest BCUT2D eigenvalue weighted by molar-refractivity contribution is 6.03. The smallest absolute Gasteiger partial charge is 0.262 e. The summed E-state index contributed by atoms with van der Waals surface area (Å²) >= 11 is 0. The van der Waals surface area contributed by atoms with Gasteiger partial charge in [-0.15, -0.1) is 0 Å². The summed E-state index contributed by atoms with van der Waals surface area (Å²) in [6, 6.07) is 10.1. The summed E-state index contributed by atoms with van der Waals surface area (Å²) in [6.07, 6.45) is 3.04. The van der Waals surface area contributed by atoms with Crippen LogP contribution in [0, 0.1) is 5.82 Å². The van der Waals surface area contributed by atoms with Crippen LogP contribution in [0.2, 0.25) is 0 Å². The topological polar surface area (TPSA) is 106 Å². The van der Waals surface area contributed by atoms with E-state index in [1.54, 1.807) is 35.1 Å². The van der Waals surface area contributed by atoms with Gasteiger partial charge < -0.3 is 10.4 Å². The first-order valence-electron chi connectivity index (χ1n) is 8.92. The summed E-state index contributed by atoms with van der Waals surface area (Å²) in [4.78, 5) is 25.0. The zero-order valence-corrected chi connectivity index (χ0v) is 15.3. The van der Waals surface area contributed by atoms with Crippen molar-refractivity contribution in [2.24, 2.45) is 0 Å². The van der Waals surface area contributed by atoms with E-state index in [2.05, 4.69) is 25.4 Å². The van der Waals surface area contributed by atoms with Gasteiger partial charge >= 0.3 is 0 Å². The largest absolute Gasteiger partial charge is 0.375 e. The predicted molar refractivity (Wildman–Crippen MR) is 102 cm³/mol. The van der Waals surface area contributed by atoms with E-state index < -0.39 is 11.5 Å². The number of hydrogen-bond acceptors (Lipinski definition) is 6. The van der Waals surface area contributed by atoms with Crippen molar-refractivity contribution in [2.75, 3.05) is 5.32 Å². The molecule has 5 rings (SSSR count). The molecule has 144 valence electrons. The van der Waals surface area contributed by atoms with E-state index in [9.17, 15) is 14.3 Å². The number of amides is 1. The molecule has 8 nitrogen and oxygen atoms in total. The fourth-order valence-electron chi connectivity index (χ4n) is 3.37. The monoisotopic (exact) mass is 390 g/mol. The lowest BCUT2D eigenvalue weighted by Crippen LogP contribution is -2.30. The molecule has 1 amide bonds. The standard InChI is InChI=1S/C20H15FN6O2/c1-20(29)13-9-23-17(24-16(13)25-19(20)28)15-12-6-4-8-22-18(12)27(26-15)10-11-5-2-3-7-14(11)21/h2-9,29H,10H2,1H3,(H,23,24,25,28). The lowest BCUT2D eigenvalue weighted by Gasteiger charge is -2.12. The number of carbonyl (C=O) groups is 1. The van der Waals surface area contributed by atoms with E-state index in [4.69, 9.17) is 0 Å². The fourth-order valence-corrected chi connectivity index (χ4v) is 3.37. The molecule has 2 N–H and O–H groups in total. The van der Waals surface area contributed by atoms with Crippen molar-refractivity contribution in [2.45, 2.75) is 19.1 Å². The van der Waals surface area contributed by atoms with E-state index >= 15 is 0 Å². The number of halogens is 1. The van der Waals surface area contributed by atoms with Gasteiger partial charge in [-0.3, -0.25) is 4.79 Å². The Hall–Kier alpha value is -3.72. The van der Waals surface area contributed by atoms with Gasteiger partial charge in [-0.2, -0.15) is 5.10 Å². The molecule has 0 fully saturated rings. The molecule has 1 atom stereocenters. The number of pyridine rings is 1. The van der Waals surface area contributed by atoms with Crippen molar-refractivity contribution >= 4 is 22.8 Å². The third-order valence-electron chi connectivity index (χ3n) is 4.98. The van der Waals surface area contributed by atoms with Crippen molar-refractivity contribution < 1.29 is 14.3 Å². The number of carbonyl (C=O) groups excluding carboxylic acids is 1. The molecule has 3 aromatic heterocycles. The minimum absolute atomic E-state index is 0.191. The molecular weight excluding hydrogens is 375 g/mol. The average Bonchev–Trinajstić information content (AvgIpc) is 3.18. The molecule has 0 spiro atoms. The van der Waals surface area contributed by atoms with Gasteiger partial charge in [-0.05, 0) is 25.1 Å². The summed E-state index contributed by atoms with van der Waals surface area (Å²) in [5, 5.41) is 18.1. The van der Waals surface area contributed by atoms with Gasteiger partial charge in [0, 0.05) is 18.0 Å². The van der Waals surface area contributed by atoms with Crippen LogP contribution in [-0.2, 0) is 16.9 Å². The maximum atomic E-state index is 14.1. The Kier molecular flexibility index (Phi) is 3.68. The third-order valence-corrected chi connectivity index (χ3v) is 4.98. The number of hydrogen-bond donors (Lipinski definition) is 2. The predicted octanol–water partition coefficient (Wildman–Crippen LogP) is 2.24. The van der Waals surface area contributed by atoms with Gasteiger partial charge in [0.25, 0.3) is 5.91 Å². The normalized spacial score (nSPS) is 18.1. The van der Waals surface area contributed by atoms with Crippen LogP contribution in [-0.4, -0.2) is 35.7 Å². The number of nitrogens with zero attached hydrogens (tertiary/aromatic N) is 5. The van der Waals surface area contributed by atoms with Crippen LogP contribution >= 0.6 is 0 Å². The maximum absolute atomic E-state index is 14.1. The summed E-state index contributed by atoms with van der Waals surface area (Å²) in [7, 11) is 0. The molecule has 0 bridgehead atoms. The average molecular weight is 390 g/mol. The lowest BCUT2D eigenvalue weighted by atomic mass is 10.0. The van der Waals surface area contributed by atoms with Crippen molar-refractivity contribution in [3.8, 4) is 11.5 Å². The molecule has 1 aromatic carbocycles. The Bertz CT molecular complexity index is 1280. The summed E-state index contributed by atoms with van der Waals surface area (Å²) in [6.45, 7) is 1.58. The highest BCUT2D eigenvalue weighted by atomic mass is 19.1. The highest BCUT2D eigenvalue weighted by Gasteiger charge is 2.42. The minimum Gasteiger partial charge on any atom is -0.375 e. The molecule has 0 saturated carbocycles. The third kappa shape index (κ3) is 2.66. The molecule has 1 aliphatic rings. The Morgan fingerprint density at radius 2 is 2.03 bits per heavy atom. The van der Waals surface area contributed by atoms with Gasteiger partial charge in [-0.1, -0.05) is 18.2 Å². The fraction of sp³-hybridized carbons (Fsp3) is 0.150. The number of anilines is 1. The van der Waals surface area contributed by atoms with E-state index in [1.807, 2.05) is 6.07 Å². The van der Waals surface area contributed by atoms with Crippen molar-refractivity contribution in [3.63, 3.8) is 0 Å². The number of nitrogens with one attached hydrogen (secondary N) is 1. The second kappa shape index (κ2) is 6.14. The SMILES string of the molecule is CC1(O)C(=O)Nc2nc(-c3nn(Cc4ccccc4F)c4ncccc34)ncc21. The molecule has 9 heteroatoms. The highest BCUT2D eigenvalue weighted by Crippen LogP contribution is 2.35. The molecular formula is C20H15FN6O2. The molecule has 1 unspecified atom stereocenters. The summed E-state index contributed by atoms with van der Waals surface area (Å²) in [5.74, 6) is -0.374. The first-order valence-corrected chi connectivity index (χ1v) is 8.92. The van der Waals surface area contributed by atoms with Gasteiger partial charge in [0.05, 0.1) is 17.5 Å². The lowest BCUT2D eigenvalue weighted by molar-refractivity contribution is -0.131. The van der Waals surface area contributed by atoms with Crippen LogP contribution in [0.15, 0.2) is 48.8 Å². The molecule has 1 aliphatic heterocycles. The quantitative estimate of drug-likeness (QED) is 0.556. The van der Waals surface area contributed by atoms with Crippen molar-refractivity contribution in [3.05, 3.63) is 65.7 Å². The maximum Gasteiger partial charge on any atom is 0.262 e. The molecule has 4 aromatic rings. The van der Waals surface area contributed by atoms with E-state index in [1.165, 1.54) is 19.2 Å². The number of aliphatic hydroxyl groups is 1. The number of benzene rings is 1. The Labute approximate surface area is 164 Å². The van der Waals surface area contributed by atoms with Crippen molar-refractivity contribution in [1.82, 2.24) is 24.7 Å². The minimum atomic E-state index is -1.68. The van der Waals surface area contributed by atoms with Crippen LogP contribution in [0.25, 0.3) is 22.6 Å². The summed E-state index contributed by atoms with van der Waals surface area (Å²) in [5.41, 5.74) is 0.118. The van der Waals surface area contributed by atoms with E-state index in [-0.39, 0.29) is 24.0 Å². The van der Waals surface area contributed by atoms with Crippen LogP contribution < -0.4 is 5.32 Å². The van der Waals surface area contributed by atoms with Crippen molar-refractivity contribution in [1.29, 1.82) is 0 Å². The van der Waals surface area contributed by atoms with Gasteiger partial charge in [0.2, 0.25) is 0 Å². The van der Waals surface area contributed by atoms with E-state index in [0.29, 0.717) is 27.9 Å². The van der Waals surface area contributed by atoms with Gasteiger partial charge in [-0.25, -0.2) is 24.0 Å². The zero-order chi connectivity index (χ0) is 20.2. The molecule has 0 radical (unpaired) electrons. The zero-order valence-electron chi connectivity index (χ0n) is 15.3. The van der Waals surface area contributed by atoms with Crippen LogP contribution in [0.4, 0.5) is 10.2 Å². The first kappa shape index (κ1) is 17.4. The number of rotatable bonds is 3. The van der Waals surface area contributed by atoms with Crippen LogP contribution in [0.5, 0.6) is 0 Å². The molecule has 4 heterocycles. The Morgan fingerprint density at radius 1 is 1.21 bits per heavy atom. The van der Waals surface area contributed by atoms with Gasteiger partial charge in [0.15, 0.2) is 17.1 Å². The summed E-state index contributed by atoms with van der Waals surface area (Å²) < 4.78 is 15.7. The molecule has 0 aliphatic carbocycles. The van der Waals surface area contributed by atoms with Gasteiger partial charge in [0.1, 0.15) is 17.3 Å². The van der Waals surface area contributed by atoms with Crippen LogP contribution in [0.3, 0.4) is 0 Å². The van der Waals surface area contributed by atoms with E-state index in [0.717, 1.165) is 0 Å². The number of fused-ring (bicyclic) bond motifs is 2. The second-order valence-electron chi connectivity index (χ2n) is 6.95. The Balaban J connectivity index is 1.63. The van der Waals surface area contributed by atoms with Crippen LogP contribution in [0.1, 0.15) is 18.1 Å². The molecule has 29 heavy (non-hydrogen) atoms. The second-order valence-corrected chi connectivity index (χ2v) is 6.95. The number of aromatic nitrogens is 5.